The highest BCUT2D eigenvalue weighted by Gasteiger charge is 2.41. The first kappa shape index (κ1) is 17.3. The van der Waals surface area contributed by atoms with E-state index in [2.05, 4.69) is 0 Å². The third-order valence-corrected chi connectivity index (χ3v) is 3.12. The van der Waals surface area contributed by atoms with Crippen LogP contribution in [0.3, 0.4) is 0 Å². The highest BCUT2D eigenvalue weighted by molar-refractivity contribution is 5.72. The monoisotopic (exact) mass is 321 g/mol. The van der Waals surface area contributed by atoms with Gasteiger partial charge >= 0.3 is 12.1 Å². The molecule has 1 atom stereocenters. The predicted octanol–water partition coefficient (Wildman–Crippen LogP) is 2.37. The van der Waals surface area contributed by atoms with Crippen LogP contribution in [0.2, 0.25) is 0 Å². The fourth-order valence-corrected chi connectivity index (χ4v) is 1.92. The molecule has 23 heavy (non-hydrogen) atoms. The van der Waals surface area contributed by atoms with Crippen LogP contribution in [0, 0.1) is 0 Å². The van der Waals surface area contributed by atoms with Crippen LogP contribution in [0.15, 0.2) is 30.3 Å². The van der Waals surface area contributed by atoms with Gasteiger partial charge in [-0.15, -0.1) is 0 Å². The number of hydrogen-bond acceptors (Lipinski definition) is 5. The van der Waals surface area contributed by atoms with Gasteiger partial charge in [0, 0.05) is 6.54 Å². The van der Waals surface area contributed by atoms with Gasteiger partial charge in [-0.05, 0) is 26.3 Å². The second kappa shape index (κ2) is 7.46. The van der Waals surface area contributed by atoms with E-state index in [1.807, 2.05) is 51.1 Å². The first-order valence-electron chi connectivity index (χ1n) is 7.62. The lowest BCUT2D eigenvalue weighted by Crippen LogP contribution is -2.28. The van der Waals surface area contributed by atoms with Crippen LogP contribution in [-0.4, -0.2) is 48.4 Å². The number of carbonyl (C=O) groups excluding carboxylic acids is 2. The Kier molecular flexibility index (Phi) is 5.60. The molecule has 0 N–H and O–H groups in total. The van der Waals surface area contributed by atoms with Gasteiger partial charge in [-0.2, -0.15) is 0 Å². The summed E-state index contributed by atoms with van der Waals surface area (Å²) in [5.41, 5.74) is 0.422. The summed E-state index contributed by atoms with van der Waals surface area (Å²) in [6.07, 6.45) is -0.349. The molecule has 126 valence electrons. The van der Waals surface area contributed by atoms with Crippen molar-refractivity contribution < 1.29 is 23.8 Å². The normalized spacial score (nSPS) is 16.8. The molecule has 0 aromatic heterocycles. The Morgan fingerprint density at radius 1 is 1.22 bits per heavy atom. The zero-order valence-electron chi connectivity index (χ0n) is 13.8. The Bertz CT molecular complexity index is 538. The van der Waals surface area contributed by atoms with Crippen LogP contribution in [0.5, 0.6) is 0 Å². The van der Waals surface area contributed by atoms with E-state index in [0.717, 1.165) is 5.56 Å². The predicted molar refractivity (Wildman–Crippen MR) is 83.8 cm³/mol. The van der Waals surface area contributed by atoms with Crippen molar-refractivity contribution >= 4 is 12.1 Å². The molecule has 1 saturated heterocycles. The molecule has 0 spiro atoms. The molecule has 0 aliphatic carbocycles. The second-order valence-corrected chi connectivity index (χ2v) is 6.45. The SMILES string of the molecule is CC(C)(C)OC(=O)N1C[C@@H]1COCC(=O)OCc1ccccc1. The van der Waals surface area contributed by atoms with Crippen LogP contribution in [0.4, 0.5) is 4.79 Å². The van der Waals surface area contributed by atoms with Gasteiger partial charge in [0.05, 0.1) is 12.6 Å². The number of benzene rings is 1. The fourth-order valence-electron chi connectivity index (χ4n) is 1.92. The summed E-state index contributed by atoms with van der Waals surface area (Å²) >= 11 is 0. The molecular weight excluding hydrogens is 298 g/mol. The minimum atomic E-state index is -0.508. The Balaban J connectivity index is 1.57. The molecular formula is C17H23NO5. The lowest BCUT2D eigenvalue weighted by atomic mass is 10.2. The molecule has 6 heteroatoms. The minimum Gasteiger partial charge on any atom is -0.459 e. The van der Waals surface area contributed by atoms with Gasteiger partial charge in [-0.25, -0.2) is 9.59 Å². The topological polar surface area (TPSA) is 64.8 Å². The Morgan fingerprint density at radius 2 is 1.91 bits per heavy atom. The number of carbonyl (C=O) groups is 2. The smallest absolute Gasteiger partial charge is 0.410 e. The highest BCUT2D eigenvalue weighted by Crippen LogP contribution is 2.21. The zero-order chi connectivity index (χ0) is 16.9. The Labute approximate surface area is 136 Å². The molecule has 1 aromatic rings. The van der Waals surface area contributed by atoms with E-state index in [-0.39, 0.29) is 25.3 Å². The molecule has 0 radical (unpaired) electrons. The Hall–Kier alpha value is -2.08. The van der Waals surface area contributed by atoms with Gasteiger partial charge in [0.25, 0.3) is 0 Å². The van der Waals surface area contributed by atoms with Crippen molar-refractivity contribution in [2.24, 2.45) is 0 Å². The van der Waals surface area contributed by atoms with E-state index >= 15 is 0 Å². The van der Waals surface area contributed by atoms with Crippen molar-refractivity contribution in [3.63, 3.8) is 0 Å². The minimum absolute atomic E-state index is 0.0215. The maximum atomic E-state index is 11.7. The van der Waals surface area contributed by atoms with Crippen LogP contribution >= 0.6 is 0 Å². The molecule has 1 aromatic carbocycles. The molecule has 1 fully saturated rings. The van der Waals surface area contributed by atoms with Crippen LogP contribution in [0.25, 0.3) is 0 Å². The zero-order valence-corrected chi connectivity index (χ0v) is 13.8. The van der Waals surface area contributed by atoms with Crippen LogP contribution in [-0.2, 0) is 25.6 Å². The van der Waals surface area contributed by atoms with Crippen molar-refractivity contribution in [1.29, 1.82) is 0 Å². The third-order valence-electron chi connectivity index (χ3n) is 3.12. The van der Waals surface area contributed by atoms with E-state index in [1.54, 1.807) is 4.90 Å². The summed E-state index contributed by atoms with van der Waals surface area (Å²) in [4.78, 5) is 24.9. The van der Waals surface area contributed by atoms with Gasteiger partial charge in [0.1, 0.15) is 18.8 Å². The van der Waals surface area contributed by atoms with Crippen molar-refractivity contribution in [3.05, 3.63) is 35.9 Å². The third kappa shape index (κ3) is 6.28. The lowest BCUT2D eigenvalue weighted by Gasteiger charge is -2.19. The highest BCUT2D eigenvalue weighted by atomic mass is 16.6. The van der Waals surface area contributed by atoms with E-state index in [4.69, 9.17) is 14.2 Å². The summed E-state index contributed by atoms with van der Waals surface area (Å²) in [6.45, 7) is 6.48. The number of nitrogens with zero attached hydrogens (tertiary/aromatic N) is 1. The quantitative estimate of drug-likeness (QED) is 0.594. The molecule has 0 saturated carbocycles. The molecule has 1 amide bonds. The largest absolute Gasteiger partial charge is 0.459 e. The summed E-state index contributed by atoms with van der Waals surface area (Å²) in [5.74, 6) is -0.418. The molecule has 2 rings (SSSR count). The van der Waals surface area contributed by atoms with Crippen LogP contribution < -0.4 is 0 Å². The van der Waals surface area contributed by atoms with E-state index in [0.29, 0.717) is 13.2 Å². The average molecular weight is 321 g/mol. The molecule has 0 unspecified atom stereocenters. The van der Waals surface area contributed by atoms with E-state index < -0.39 is 11.6 Å². The van der Waals surface area contributed by atoms with Gasteiger partial charge < -0.3 is 14.2 Å². The second-order valence-electron chi connectivity index (χ2n) is 6.45. The molecule has 0 bridgehead atoms. The maximum Gasteiger partial charge on any atom is 0.410 e. The van der Waals surface area contributed by atoms with Gasteiger partial charge in [-0.1, -0.05) is 30.3 Å². The first-order chi connectivity index (χ1) is 10.8. The average Bonchev–Trinajstić information content (AvgIpc) is 3.24. The summed E-state index contributed by atoms with van der Waals surface area (Å²) in [7, 11) is 0. The summed E-state index contributed by atoms with van der Waals surface area (Å²) in [6, 6.07) is 9.43. The molecule has 1 aliphatic rings. The van der Waals surface area contributed by atoms with Gasteiger partial charge in [0.15, 0.2) is 0 Å². The summed E-state index contributed by atoms with van der Waals surface area (Å²) in [5, 5.41) is 0. The summed E-state index contributed by atoms with van der Waals surface area (Å²) < 4.78 is 15.6. The van der Waals surface area contributed by atoms with Crippen molar-refractivity contribution in [1.82, 2.24) is 4.90 Å². The van der Waals surface area contributed by atoms with Gasteiger partial charge in [-0.3, -0.25) is 4.90 Å². The van der Waals surface area contributed by atoms with Crippen molar-refractivity contribution in [2.45, 2.75) is 39.0 Å². The number of hydrogen-bond donors (Lipinski definition) is 0. The number of amides is 1. The number of esters is 1. The standard InChI is InChI=1S/C17H23NO5/c1-17(2,3)23-16(20)18-9-14(18)11-21-12-15(19)22-10-13-7-5-4-6-8-13/h4-8,14H,9-12H2,1-3H3/t14-,18?/m1/s1. The van der Waals surface area contributed by atoms with E-state index in [9.17, 15) is 9.59 Å². The van der Waals surface area contributed by atoms with Gasteiger partial charge in [0.2, 0.25) is 0 Å². The van der Waals surface area contributed by atoms with Crippen molar-refractivity contribution in [2.75, 3.05) is 19.8 Å². The van der Waals surface area contributed by atoms with E-state index in [1.165, 1.54) is 0 Å². The van der Waals surface area contributed by atoms with Crippen molar-refractivity contribution in [3.8, 4) is 0 Å². The molecule has 1 heterocycles. The lowest BCUT2D eigenvalue weighted by molar-refractivity contribution is -0.150. The van der Waals surface area contributed by atoms with Crippen LogP contribution in [0.1, 0.15) is 26.3 Å². The first-order valence-corrected chi connectivity index (χ1v) is 7.62. The maximum absolute atomic E-state index is 11.7. The Morgan fingerprint density at radius 3 is 2.57 bits per heavy atom. The number of ether oxygens (including phenoxy) is 3. The molecule has 6 nitrogen and oxygen atoms in total. The number of rotatable bonds is 6. The fraction of sp³-hybridized carbons (Fsp3) is 0.529. The molecule has 1 aliphatic heterocycles.